The molecule has 0 atom stereocenters. The number of aldehydes is 2. The highest BCUT2D eigenvalue weighted by molar-refractivity contribution is 6.13. The number of carbonyl (C=O) groups is 3. The zero-order valence-corrected chi connectivity index (χ0v) is 16.1. The van der Waals surface area contributed by atoms with Gasteiger partial charge in [-0.25, -0.2) is 0 Å². The van der Waals surface area contributed by atoms with Crippen LogP contribution < -0.4 is 0 Å². The number of benzene rings is 4. The minimum absolute atomic E-state index is 0.0621. The molecule has 0 aliphatic carbocycles. The summed E-state index contributed by atoms with van der Waals surface area (Å²) in [5.41, 5.74) is 5.93. The lowest BCUT2D eigenvalue weighted by atomic mass is 9.90. The van der Waals surface area contributed by atoms with Crippen LogP contribution in [0.15, 0.2) is 97.1 Å². The molecule has 4 aromatic rings. The molecule has 0 radical (unpaired) electrons. The molecule has 0 N–H and O–H groups in total. The molecule has 0 fully saturated rings. The molecule has 3 nitrogen and oxygen atoms in total. The Hall–Kier alpha value is -4.11. The first-order valence-corrected chi connectivity index (χ1v) is 9.54. The molecule has 0 aliphatic rings. The molecular weight excluding hydrogens is 372 g/mol. The standard InChI is InChI=1S/C27H18O3/c28-17-19-6-10-21(11-7-19)24-14-15-25(27(30)23-4-2-1-3-5-23)26(16-24)22-12-8-20(18-29)9-13-22/h1-18H. The van der Waals surface area contributed by atoms with Crippen LogP contribution in [0.4, 0.5) is 0 Å². The van der Waals surface area contributed by atoms with Crippen LogP contribution in [-0.4, -0.2) is 18.4 Å². The second-order valence-corrected chi connectivity index (χ2v) is 6.94. The summed E-state index contributed by atoms with van der Waals surface area (Å²) >= 11 is 0. The van der Waals surface area contributed by atoms with Crippen molar-refractivity contribution >= 4 is 18.4 Å². The third-order valence-corrected chi connectivity index (χ3v) is 5.04. The molecule has 3 heteroatoms. The molecule has 144 valence electrons. The molecule has 0 unspecified atom stereocenters. The first-order chi connectivity index (χ1) is 14.7. The normalized spacial score (nSPS) is 10.4. The molecule has 4 aromatic carbocycles. The third-order valence-electron chi connectivity index (χ3n) is 5.04. The van der Waals surface area contributed by atoms with Crippen LogP contribution in [0.5, 0.6) is 0 Å². The summed E-state index contributed by atoms with van der Waals surface area (Å²) in [6.45, 7) is 0. The van der Waals surface area contributed by atoms with Gasteiger partial charge in [-0.1, -0.05) is 84.9 Å². The van der Waals surface area contributed by atoms with Gasteiger partial charge in [0, 0.05) is 22.3 Å². The average Bonchev–Trinajstić information content (AvgIpc) is 2.84. The lowest BCUT2D eigenvalue weighted by Gasteiger charge is -2.13. The third kappa shape index (κ3) is 3.87. The van der Waals surface area contributed by atoms with E-state index in [1.165, 1.54) is 0 Å². The zero-order valence-electron chi connectivity index (χ0n) is 16.1. The number of hydrogen-bond acceptors (Lipinski definition) is 3. The van der Waals surface area contributed by atoms with E-state index in [1.54, 1.807) is 36.4 Å². The summed E-state index contributed by atoms with van der Waals surface area (Å²) < 4.78 is 0. The van der Waals surface area contributed by atoms with Crippen molar-refractivity contribution in [3.8, 4) is 22.3 Å². The van der Waals surface area contributed by atoms with Gasteiger partial charge in [-0.2, -0.15) is 0 Å². The van der Waals surface area contributed by atoms with E-state index >= 15 is 0 Å². The molecule has 0 aromatic heterocycles. The van der Waals surface area contributed by atoms with Crippen molar-refractivity contribution in [3.63, 3.8) is 0 Å². The second-order valence-electron chi connectivity index (χ2n) is 6.94. The van der Waals surface area contributed by atoms with Gasteiger partial charge >= 0.3 is 0 Å². The van der Waals surface area contributed by atoms with Crippen LogP contribution >= 0.6 is 0 Å². The molecule has 0 spiro atoms. The van der Waals surface area contributed by atoms with Crippen LogP contribution in [0, 0.1) is 0 Å². The quantitative estimate of drug-likeness (QED) is 0.305. The van der Waals surface area contributed by atoms with E-state index in [0.29, 0.717) is 22.3 Å². The topological polar surface area (TPSA) is 51.2 Å². The highest BCUT2D eigenvalue weighted by Gasteiger charge is 2.16. The molecule has 0 bridgehead atoms. The van der Waals surface area contributed by atoms with Gasteiger partial charge in [0.25, 0.3) is 0 Å². The summed E-state index contributed by atoms with van der Waals surface area (Å²) in [7, 11) is 0. The second kappa shape index (κ2) is 8.50. The van der Waals surface area contributed by atoms with E-state index in [0.717, 1.165) is 34.8 Å². The lowest BCUT2D eigenvalue weighted by Crippen LogP contribution is -2.04. The van der Waals surface area contributed by atoms with Crippen molar-refractivity contribution in [2.75, 3.05) is 0 Å². The maximum atomic E-state index is 13.2. The summed E-state index contributed by atoms with van der Waals surface area (Å²) in [6.07, 6.45) is 1.61. The fraction of sp³-hybridized carbons (Fsp3) is 0. The molecule has 4 rings (SSSR count). The fourth-order valence-corrected chi connectivity index (χ4v) is 3.40. The molecule has 0 saturated heterocycles. The van der Waals surface area contributed by atoms with E-state index in [1.807, 2.05) is 60.7 Å². The Morgan fingerprint density at radius 1 is 0.567 bits per heavy atom. The van der Waals surface area contributed by atoms with Gasteiger partial charge in [0.15, 0.2) is 5.78 Å². The van der Waals surface area contributed by atoms with E-state index in [-0.39, 0.29) is 5.78 Å². The number of carbonyl (C=O) groups excluding carboxylic acids is 3. The van der Waals surface area contributed by atoms with Crippen LogP contribution in [-0.2, 0) is 0 Å². The van der Waals surface area contributed by atoms with Gasteiger partial charge in [0.2, 0.25) is 0 Å². The van der Waals surface area contributed by atoms with Gasteiger partial charge in [0.1, 0.15) is 12.6 Å². The van der Waals surface area contributed by atoms with E-state index in [9.17, 15) is 14.4 Å². The first-order valence-electron chi connectivity index (χ1n) is 9.54. The molecule has 30 heavy (non-hydrogen) atoms. The largest absolute Gasteiger partial charge is 0.298 e. The van der Waals surface area contributed by atoms with Gasteiger partial charge in [-0.15, -0.1) is 0 Å². The summed E-state index contributed by atoms with van der Waals surface area (Å²) in [5.74, 6) is -0.0621. The average molecular weight is 390 g/mol. The Morgan fingerprint density at radius 3 is 1.67 bits per heavy atom. The van der Waals surface area contributed by atoms with Crippen molar-refractivity contribution in [1.29, 1.82) is 0 Å². The van der Waals surface area contributed by atoms with Crippen molar-refractivity contribution in [1.82, 2.24) is 0 Å². The SMILES string of the molecule is O=Cc1ccc(-c2ccc(C(=O)c3ccccc3)c(-c3ccc(C=O)cc3)c2)cc1. The molecule has 0 saturated carbocycles. The summed E-state index contributed by atoms with van der Waals surface area (Å²) in [4.78, 5) is 35.2. The zero-order chi connectivity index (χ0) is 20.9. The smallest absolute Gasteiger partial charge is 0.193 e. The van der Waals surface area contributed by atoms with Crippen LogP contribution in [0.25, 0.3) is 22.3 Å². The monoisotopic (exact) mass is 390 g/mol. The van der Waals surface area contributed by atoms with Crippen LogP contribution in [0.2, 0.25) is 0 Å². The van der Waals surface area contributed by atoms with Crippen LogP contribution in [0.1, 0.15) is 36.6 Å². The van der Waals surface area contributed by atoms with E-state index in [2.05, 4.69) is 0 Å². The Kier molecular flexibility index (Phi) is 5.44. The van der Waals surface area contributed by atoms with E-state index < -0.39 is 0 Å². The molecular formula is C27H18O3. The Balaban J connectivity index is 1.85. The fourth-order valence-electron chi connectivity index (χ4n) is 3.40. The Labute approximate surface area is 174 Å². The Morgan fingerprint density at radius 2 is 1.10 bits per heavy atom. The first kappa shape index (κ1) is 19.2. The van der Waals surface area contributed by atoms with Gasteiger partial charge in [0.05, 0.1) is 0 Å². The van der Waals surface area contributed by atoms with Crippen molar-refractivity contribution in [3.05, 3.63) is 119 Å². The number of hydrogen-bond donors (Lipinski definition) is 0. The minimum atomic E-state index is -0.0621. The Bertz CT molecular complexity index is 1210. The minimum Gasteiger partial charge on any atom is -0.298 e. The number of rotatable bonds is 6. The predicted octanol–water partition coefficient (Wildman–Crippen LogP) is 5.88. The molecule has 0 aliphatic heterocycles. The van der Waals surface area contributed by atoms with Crippen LogP contribution in [0.3, 0.4) is 0 Å². The van der Waals surface area contributed by atoms with Crippen molar-refractivity contribution < 1.29 is 14.4 Å². The predicted molar refractivity (Wildman–Crippen MR) is 118 cm³/mol. The van der Waals surface area contributed by atoms with Gasteiger partial charge in [-0.3, -0.25) is 14.4 Å². The van der Waals surface area contributed by atoms with E-state index in [4.69, 9.17) is 0 Å². The highest BCUT2D eigenvalue weighted by Crippen LogP contribution is 2.31. The maximum Gasteiger partial charge on any atom is 0.193 e. The lowest BCUT2D eigenvalue weighted by molar-refractivity contribution is 0.103. The van der Waals surface area contributed by atoms with Crippen molar-refractivity contribution in [2.24, 2.45) is 0 Å². The highest BCUT2D eigenvalue weighted by atomic mass is 16.1. The molecule has 0 amide bonds. The molecule has 0 heterocycles. The maximum absolute atomic E-state index is 13.2. The summed E-state index contributed by atoms with van der Waals surface area (Å²) in [5, 5.41) is 0. The number of ketones is 1. The van der Waals surface area contributed by atoms with Crippen molar-refractivity contribution in [2.45, 2.75) is 0 Å². The van der Waals surface area contributed by atoms with Gasteiger partial charge in [-0.05, 0) is 34.4 Å². The van der Waals surface area contributed by atoms with Gasteiger partial charge < -0.3 is 0 Å². The summed E-state index contributed by atoms with van der Waals surface area (Å²) in [6, 6.07) is 29.4.